The summed E-state index contributed by atoms with van der Waals surface area (Å²) in [7, 11) is 1.64. The van der Waals surface area contributed by atoms with Gasteiger partial charge in [-0.15, -0.1) is 0 Å². The van der Waals surface area contributed by atoms with Gasteiger partial charge in [0.1, 0.15) is 11.6 Å². The number of fused-ring (bicyclic) bond motifs is 2. The maximum atomic E-state index is 12.7. The molecular weight excluding hydrogens is 410 g/mol. The van der Waals surface area contributed by atoms with Crippen molar-refractivity contribution < 1.29 is 9.53 Å². The van der Waals surface area contributed by atoms with Gasteiger partial charge in [0.2, 0.25) is 5.91 Å². The molecule has 0 saturated heterocycles. The van der Waals surface area contributed by atoms with E-state index in [4.69, 9.17) is 4.74 Å². The first kappa shape index (κ1) is 22.3. The normalized spacial score (nSPS) is 16.1. The van der Waals surface area contributed by atoms with E-state index in [-0.39, 0.29) is 11.9 Å². The summed E-state index contributed by atoms with van der Waals surface area (Å²) < 4.78 is 5.35. The maximum absolute atomic E-state index is 12.7. The minimum atomic E-state index is -0.0490. The highest BCUT2D eigenvalue weighted by Gasteiger charge is 2.20. The van der Waals surface area contributed by atoms with E-state index < -0.39 is 0 Å². The van der Waals surface area contributed by atoms with Crippen molar-refractivity contribution in [1.29, 1.82) is 0 Å². The van der Waals surface area contributed by atoms with Gasteiger partial charge in [-0.05, 0) is 73.1 Å². The van der Waals surface area contributed by atoms with Crippen molar-refractivity contribution >= 4 is 22.5 Å². The summed E-state index contributed by atoms with van der Waals surface area (Å²) in [6.07, 6.45) is 9.95. The fourth-order valence-electron chi connectivity index (χ4n) is 4.08. The third kappa shape index (κ3) is 5.32. The van der Waals surface area contributed by atoms with E-state index in [9.17, 15) is 4.79 Å². The third-order valence-corrected chi connectivity index (χ3v) is 6.01. The topological polar surface area (TPSA) is 63.2 Å². The van der Waals surface area contributed by atoms with Crippen molar-refractivity contribution in [3.05, 3.63) is 102 Å². The first-order valence-electron chi connectivity index (χ1n) is 11.2. The second kappa shape index (κ2) is 10.2. The lowest BCUT2D eigenvalue weighted by atomic mass is 9.88. The average molecular weight is 440 g/mol. The van der Waals surface area contributed by atoms with Crippen LogP contribution in [0.2, 0.25) is 0 Å². The largest absolute Gasteiger partial charge is 0.497 e. The van der Waals surface area contributed by atoms with Crippen molar-refractivity contribution in [3.8, 4) is 5.75 Å². The van der Waals surface area contributed by atoms with E-state index in [1.54, 1.807) is 19.4 Å². The van der Waals surface area contributed by atoms with Gasteiger partial charge in [0, 0.05) is 28.9 Å². The highest BCUT2D eigenvalue weighted by Crippen LogP contribution is 2.26. The van der Waals surface area contributed by atoms with Crippen LogP contribution in [0.4, 0.5) is 5.82 Å². The molecule has 5 nitrogen and oxygen atoms in total. The number of carbonyl (C=O) groups is 1. The SMILES string of the molecule is C=C/C(=C\C=C(/C)C(=O)NC1CCc2ccccc2C1)Nc1nccc2ccc(OC)cc12. The second-order valence-corrected chi connectivity index (χ2v) is 8.23. The monoisotopic (exact) mass is 439 g/mol. The number of nitrogens with zero attached hydrogens (tertiary/aromatic N) is 1. The summed E-state index contributed by atoms with van der Waals surface area (Å²) in [5, 5.41) is 8.49. The van der Waals surface area contributed by atoms with E-state index in [1.807, 2.05) is 43.3 Å². The van der Waals surface area contributed by atoms with Gasteiger partial charge in [0.15, 0.2) is 0 Å². The molecule has 2 N–H and O–H groups in total. The van der Waals surface area contributed by atoms with Crippen LogP contribution in [0, 0.1) is 0 Å². The Balaban J connectivity index is 1.45. The summed E-state index contributed by atoms with van der Waals surface area (Å²) in [6, 6.07) is 16.4. The van der Waals surface area contributed by atoms with Gasteiger partial charge in [0.25, 0.3) is 0 Å². The quantitative estimate of drug-likeness (QED) is 0.385. The van der Waals surface area contributed by atoms with Crippen LogP contribution >= 0.6 is 0 Å². The molecule has 1 atom stereocenters. The standard InChI is InChI=1S/C28H29N3O2/c1-4-23(30-27-26-18-25(33-3)14-11-21(26)15-16-29-27)12-9-19(2)28(32)31-24-13-10-20-7-5-6-8-22(20)17-24/h4-9,11-12,14-16,18,24H,1,10,13,17H2,2-3H3,(H,29,30)(H,31,32)/b19-9+,23-12+. The van der Waals surface area contributed by atoms with Gasteiger partial charge < -0.3 is 15.4 Å². The number of hydrogen-bond acceptors (Lipinski definition) is 4. The number of rotatable bonds is 7. The molecule has 0 bridgehead atoms. The molecule has 33 heavy (non-hydrogen) atoms. The van der Waals surface area contributed by atoms with Gasteiger partial charge in [-0.25, -0.2) is 4.98 Å². The van der Waals surface area contributed by atoms with Gasteiger partial charge in [-0.3, -0.25) is 4.79 Å². The number of allylic oxidation sites excluding steroid dienone is 3. The molecule has 1 aliphatic carbocycles. The summed E-state index contributed by atoms with van der Waals surface area (Å²) in [5.74, 6) is 1.42. The highest BCUT2D eigenvalue weighted by molar-refractivity contribution is 5.94. The van der Waals surface area contributed by atoms with Gasteiger partial charge in [0.05, 0.1) is 7.11 Å². The Morgan fingerprint density at radius 1 is 1.15 bits per heavy atom. The van der Waals surface area contributed by atoms with Crippen molar-refractivity contribution in [2.75, 3.05) is 12.4 Å². The molecule has 1 amide bonds. The van der Waals surface area contributed by atoms with Gasteiger partial charge in [-0.2, -0.15) is 0 Å². The van der Waals surface area contributed by atoms with Gasteiger partial charge in [-0.1, -0.05) is 43.0 Å². The number of nitrogens with one attached hydrogen (secondary N) is 2. The number of benzene rings is 2. The van der Waals surface area contributed by atoms with Crippen molar-refractivity contribution in [2.45, 2.75) is 32.2 Å². The van der Waals surface area contributed by atoms with E-state index in [1.165, 1.54) is 11.1 Å². The zero-order valence-corrected chi connectivity index (χ0v) is 19.1. The minimum Gasteiger partial charge on any atom is -0.497 e. The van der Waals surface area contributed by atoms with E-state index in [2.05, 4.69) is 46.5 Å². The molecule has 4 rings (SSSR count). The molecule has 1 aliphatic rings. The number of aryl methyl sites for hydroxylation is 1. The minimum absolute atomic E-state index is 0.0490. The van der Waals surface area contributed by atoms with Crippen LogP contribution < -0.4 is 15.4 Å². The smallest absolute Gasteiger partial charge is 0.247 e. The molecule has 0 radical (unpaired) electrons. The highest BCUT2D eigenvalue weighted by atomic mass is 16.5. The predicted molar refractivity (Wildman–Crippen MR) is 134 cm³/mol. The Bertz CT molecular complexity index is 1240. The fraction of sp³-hybridized carbons (Fsp3) is 0.214. The Kier molecular flexibility index (Phi) is 6.89. The maximum Gasteiger partial charge on any atom is 0.247 e. The molecule has 0 saturated carbocycles. The average Bonchev–Trinajstić information content (AvgIpc) is 2.85. The van der Waals surface area contributed by atoms with Crippen molar-refractivity contribution in [2.24, 2.45) is 0 Å². The first-order valence-corrected chi connectivity index (χ1v) is 11.2. The molecule has 0 aliphatic heterocycles. The molecule has 1 heterocycles. The summed E-state index contributed by atoms with van der Waals surface area (Å²) in [6.45, 7) is 5.72. The second-order valence-electron chi connectivity index (χ2n) is 8.23. The van der Waals surface area contributed by atoms with E-state index in [0.29, 0.717) is 11.4 Å². The predicted octanol–water partition coefficient (Wildman–Crippen LogP) is 5.35. The van der Waals surface area contributed by atoms with Crippen LogP contribution in [0.15, 0.2) is 90.8 Å². The van der Waals surface area contributed by atoms with Crippen molar-refractivity contribution in [1.82, 2.24) is 10.3 Å². The molecule has 168 valence electrons. The molecular formula is C28H29N3O2. The summed E-state index contributed by atoms with van der Waals surface area (Å²) >= 11 is 0. The summed E-state index contributed by atoms with van der Waals surface area (Å²) in [5.41, 5.74) is 4.10. The lowest BCUT2D eigenvalue weighted by Crippen LogP contribution is -2.39. The molecule has 3 aromatic rings. The van der Waals surface area contributed by atoms with Crippen LogP contribution in [0.1, 0.15) is 24.5 Å². The lowest BCUT2D eigenvalue weighted by Gasteiger charge is -2.25. The lowest BCUT2D eigenvalue weighted by molar-refractivity contribution is -0.118. The van der Waals surface area contributed by atoms with Crippen LogP contribution in [0.5, 0.6) is 5.75 Å². The van der Waals surface area contributed by atoms with E-state index in [0.717, 1.165) is 41.5 Å². The van der Waals surface area contributed by atoms with Crippen LogP contribution in [0.25, 0.3) is 10.8 Å². The van der Waals surface area contributed by atoms with E-state index >= 15 is 0 Å². The summed E-state index contributed by atoms with van der Waals surface area (Å²) in [4.78, 5) is 17.2. The zero-order chi connectivity index (χ0) is 23.2. The molecule has 5 heteroatoms. The number of aromatic nitrogens is 1. The Labute approximate surface area is 194 Å². The zero-order valence-electron chi connectivity index (χ0n) is 19.1. The molecule has 1 aromatic heterocycles. The number of methoxy groups -OCH3 is 1. The number of hydrogen-bond donors (Lipinski definition) is 2. The number of pyridine rings is 1. The molecule has 0 fully saturated rings. The third-order valence-electron chi connectivity index (χ3n) is 6.01. The molecule has 0 spiro atoms. The van der Waals surface area contributed by atoms with Crippen LogP contribution in [-0.4, -0.2) is 24.0 Å². The first-order chi connectivity index (χ1) is 16.1. The number of anilines is 1. The van der Waals surface area contributed by atoms with Crippen LogP contribution in [-0.2, 0) is 17.6 Å². The van der Waals surface area contributed by atoms with Crippen molar-refractivity contribution in [3.63, 3.8) is 0 Å². The molecule has 2 aromatic carbocycles. The van der Waals surface area contributed by atoms with Gasteiger partial charge >= 0.3 is 0 Å². The number of amides is 1. The number of ether oxygens (including phenoxy) is 1. The fourth-order valence-corrected chi connectivity index (χ4v) is 4.08. The Morgan fingerprint density at radius 3 is 2.76 bits per heavy atom. The number of carbonyl (C=O) groups excluding carboxylic acids is 1. The Hall–Kier alpha value is -3.86. The Morgan fingerprint density at radius 2 is 1.97 bits per heavy atom. The molecule has 1 unspecified atom stereocenters. The van der Waals surface area contributed by atoms with Crippen LogP contribution in [0.3, 0.4) is 0 Å².